The van der Waals surface area contributed by atoms with Gasteiger partial charge in [0.2, 0.25) is 0 Å². The van der Waals surface area contributed by atoms with Crippen LogP contribution < -0.4 is 11.5 Å². The Balaban J connectivity index is 2.51. The molecule has 1 aromatic rings. The molecule has 0 heterocycles. The molecule has 1 aliphatic rings. The molecule has 1 aromatic carbocycles. The number of hydrogen-bond donors (Lipinski definition) is 2. The average molecular weight is 200 g/mol. The van der Waals surface area contributed by atoms with E-state index in [9.17, 15) is 0 Å². The number of nitrogens with two attached hydrogens (primary N) is 2. The van der Waals surface area contributed by atoms with Crippen molar-refractivity contribution < 1.29 is 0 Å². The first-order chi connectivity index (χ1) is 7.06. The van der Waals surface area contributed by atoms with E-state index in [4.69, 9.17) is 11.5 Å². The van der Waals surface area contributed by atoms with Crippen LogP contribution in [-0.4, -0.2) is 5.66 Å². The number of benzene rings is 1. The summed E-state index contributed by atoms with van der Waals surface area (Å²) in [5, 5.41) is 0. The Morgan fingerprint density at radius 3 is 2.13 bits per heavy atom. The first-order valence-electron chi connectivity index (χ1n) is 5.07. The highest BCUT2D eigenvalue weighted by Gasteiger charge is 2.40. The molecule has 0 aromatic heterocycles. The van der Waals surface area contributed by atoms with E-state index in [0.717, 1.165) is 5.56 Å². The zero-order chi connectivity index (χ0) is 10.9. The van der Waals surface area contributed by atoms with Gasteiger partial charge in [-0.15, -0.1) is 0 Å². The van der Waals surface area contributed by atoms with E-state index in [1.807, 2.05) is 36.4 Å². The molecule has 0 amide bonds. The molecule has 1 aliphatic carbocycles. The van der Waals surface area contributed by atoms with E-state index < -0.39 is 5.66 Å². The number of allylic oxidation sites excluding steroid dienone is 2. The summed E-state index contributed by atoms with van der Waals surface area (Å²) in [6, 6.07) is 10.1. The van der Waals surface area contributed by atoms with Crippen LogP contribution in [0.5, 0.6) is 0 Å². The summed E-state index contributed by atoms with van der Waals surface area (Å²) >= 11 is 0. The van der Waals surface area contributed by atoms with Crippen molar-refractivity contribution in [1.29, 1.82) is 0 Å². The van der Waals surface area contributed by atoms with Gasteiger partial charge in [-0.05, 0) is 18.6 Å². The highest BCUT2D eigenvalue weighted by Crippen LogP contribution is 2.35. The lowest BCUT2D eigenvalue weighted by Crippen LogP contribution is -2.62. The van der Waals surface area contributed by atoms with Gasteiger partial charge in [0.05, 0.1) is 5.66 Å². The Labute approximate surface area is 90.3 Å². The number of hydrogen-bond acceptors (Lipinski definition) is 2. The second-order valence-electron chi connectivity index (χ2n) is 4.22. The molecule has 1 unspecified atom stereocenters. The van der Waals surface area contributed by atoms with Crippen molar-refractivity contribution in [2.24, 2.45) is 11.5 Å². The summed E-state index contributed by atoms with van der Waals surface area (Å²) in [5.41, 5.74) is 12.2. The van der Waals surface area contributed by atoms with Crippen molar-refractivity contribution >= 4 is 0 Å². The standard InChI is InChI=1S/C13H16N2/c1-12(11-7-3-2-4-8-11)9-5-6-10-13(12,14)15/h2-10H,14-15H2,1H3. The zero-order valence-corrected chi connectivity index (χ0v) is 8.85. The highest BCUT2D eigenvalue weighted by atomic mass is 15.0. The molecular weight excluding hydrogens is 184 g/mol. The maximum atomic E-state index is 6.13. The monoisotopic (exact) mass is 200 g/mol. The molecule has 0 saturated carbocycles. The maximum absolute atomic E-state index is 6.13. The van der Waals surface area contributed by atoms with E-state index in [-0.39, 0.29) is 5.41 Å². The van der Waals surface area contributed by atoms with Gasteiger partial charge in [0.1, 0.15) is 0 Å². The largest absolute Gasteiger partial charge is 0.309 e. The van der Waals surface area contributed by atoms with Crippen molar-refractivity contribution in [3.05, 3.63) is 60.2 Å². The highest BCUT2D eigenvalue weighted by molar-refractivity contribution is 5.41. The first kappa shape index (κ1) is 10.1. The third-order valence-electron chi connectivity index (χ3n) is 3.19. The SMILES string of the molecule is CC1(c2ccccc2)C=CC=CC1(N)N. The molecule has 0 saturated heterocycles. The molecule has 1 atom stereocenters. The minimum atomic E-state index is -0.830. The molecule has 78 valence electrons. The van der Waals surface area contributed by atoms with E-state index in [0.29, 0.717) is 0 Å². The molecule has 2 nitrogen and oxygen atoms in total. The van der Waals surface area contributed by atoms with Gasteiger partial charge in [-0.3, -0.25) is 0 Å². The molecule has 0 aliphatic heterocycles. The maximum Gasteiger partial charge on any atom is 0.0963 e. The predicted octanol–water partition coefficient (Wildman–Crippen LogP) is 1.68. The fourth-order valence-electron chi connectivity index (χ4n) is 1.91. The van der Waals surface area contributed by atoms with Gasteiger partial charge in [-0.25, -0.2) is 0 Å². The summed E-state index contributed by atoms with van der Waals surface area (Å²) in [6.45, 7) is 2.06. The molecule has 0 fully saturated rings. The Morgan fingerprint density at radius 1 is 0.933 bits per heavy atom. The topological polar surface area (TPSA) is 52.0 Å². The van der Waals surface area contributed by atoms with Crippen LogP contribution in [0.15, 0.2) is 54.6 Å². The molecule has 0 bridgehead atoms. The van der Waals surface area contributed by atoms with Crippen LogP contribution in [-0.2, 0) is 5.41 Å². The molecule has 0 spiro atoms. The fourth-order valence-corrected chi connectivity index (χ4v) is 1.91. The Hall–Kier alpha value is -1.38. The normalized spacial score (nSPS) is 27.9. The molecule has 2 heteroatoms. The second kappa shape index (κ2) is 3.33. The van der Waals surface area contributed by atoms with Crippen LogP contribution in [0.2, 0.25) is 0 Å². The Kier molecular flexibility index (Phi) is 2.25. The molecule has 4 N–H and O–H groups in total. The third-order valence-corrected chi connectivity index (χ3v) is 3.19. The van der Waals surface area contributed by atoms with Gasteiger partial charge >= 0.3 is 0 Å². The molecular formula is C13H16N2. The van der Waals surface area contributed by atoms with Crippen molar-refractivity contribution in [1.82, 2.24) is 0 Å². The van der Waals surface area contributed by atoms with E-state index in [1.54, 1.807) is 0 Å². The van der Waals surface area contributed by atoms with Gasteiger partial charge in [0.25, 0.3) is 0 Å². The lowest BCUT2D eigenvalue weighted by Gasteiger charge is -2.41. The Bertz CT molecular complexity index is 404. The van der Waals surface area contributed by atoms with E-state index >= 15 is 0 Å². The third kappa shape index (κ3) is 1.52. The summed E-state index contributed by atoms with van der Waals surface area (Å²) in [5.74, 6) is 0. The molecule has 0 radical (unpaired) electrons. The summed E-state index contributed by atoms with van der Waals surface area (Å²) in [4.78, 5) is 0. The fraction of sp³-hybridized carbons (Fsp3) is 0.231. The van der Waals surface area contributed by atoms with Gasteiger partial charge in [0, 0.05) is 5.41 Å². The average Bonchev–Trinajstić information content (AvgIpc) is 2.24. The number of rotatable bonds is 1. The van der Waals surface area contributed by atoms with Gasteiger partial charge < -0.3 is 11.5 Å². The molecule has 15 heavy (non-hydrogen) atoms. The van der Waals surface area contributed by atoms with Crippen LogP contribution in [0.25, 0.3) is 0 Å². The second-order valence-corrected chi connectivity index (χ2v) is 4.22. The van der Waals surface area contributed by atoms with Crippen molar-refractivity contribution in [2.75, 3.05) is 0 Å². The zero-order valence-electron chi connectivity index (χ0n) is 8.85. The van der Waals surface area contributed by atoms with Crippen molar-refractivity contribution in [3.63, 3.8) is 0 Å². The van der Waals surface area contributed by atoms with Crippen LogP contribution in [0.3, 0.4) is 0 Å². The summed E-state index contributed by atoms with van der Waals surface area (Å²) in [6.07, 6.45) is 7.79. The van der Waals surface area contributed by atoms with Crippen LogP contribution in [0, 0.1) is 0 Å². The van der Waals surface area contributed by atoms with Crippen LogP contribution in [0.4, 0.5) is 0 Å². The minimum absolute atomic E-state index is 0.344. The molecule has 2 rings (SSSR count). The van der Waals surface area contributed by atoms with Crippen molar-refractivity contribution in [3.8, 4) is 0 Å². The van der Waals surface area contributed by atoms with Crippen LogP contribution >= 0.6 is 0 Å². The quantitative estimate of drug-likeness (QED) is 0.678. The van der Waals surface area contributed by atoms with Gasteiger partial charge in [-0.1, -0.05) is 48.6 Å². The van der Waals surface area contributed by atoms with Gasteiger partial charge in [0.15, 0.2) is 0 Å². The van der Waals surface area contributed by atoms with Gasteiger partial charge in [-0.2, -0.15) is 0 Å². The van der Waals surface area contributed by atoms with Crippen LogP contribution in [0.1, 0.15) is 12.5 Å². The smallest absolute Gasteiger partial charge is 0.0963 e. The van der Waals surface area contributed by atoms with E-state index in [1.165, 1.54) is 0 Å². The minimum Gasteiger partial charge on any atom is -0.309 e. The lowest BCUT2D eigenvalue weighted by molar-refractivity contribution is 0.364. The summed E-state index contributed by atoms with van der Waals surface area (Å²) < 4.78 is 0. The van der Waals surface area contributed by atoms with E-state index in [2.05, 4.69) is 25.1 Å². The first-order valence-corrected chi connectivity index (χ1v) is 5.07. The lowest BCUT2D eigenvalue weighted by atomic mass is 9.70. The predicted molar refractivity (Wildman–Crippen MR) is 63.2 cm³/mol. The Morgan fingerprint density at radius 2 is 1.53 bits per heavy atom. The summed E-state index contributed by atoms with van der Waals surface area (Å²) in [7, 11) is 0. The van der Waals surface area contributed by atoms with Crippen molar-refractivity contribution in [2.45, 2.75) is 18.0 Å².